The van der Waals surface area contributed by atoms with E-state index in [0.717, 1.165) is 5.56 Å². The zero-order chi connectivity index (χ0) is 10.8. The second-order valence-corrected chi connectivity index (χ2v) is 3.05. The Bertz CT molecular complexity index is 505. The molecule has 0 spiro atoms. The molecule has 15 heavy (non-hydrogen) atoms. The van der Waals surface area contributed by atoms with Gasteiger partial charge in [0.2, 0.25) is 0 Å². The molecule has 76 valence electrons. The first-order valence-electron chi connectivity index (χ1n) is 4.30. The summed E-state index contributed by atoms with van der Waals surface area (Å²) in [5.41, 5.74) is 1.40. The van der Waals surface area contributed by atoms with Gasteiger partial charge in [0.15, 0.2) is 11.5 Å². The molecule has 2 rings (SSSR count). The van der Waals surface area contributed by atoms with Crippen molar-refractivity contribution in [2.24, 2.45) is 0 Å². The number of carbonyl (C=O) groups is 1. The average Bonchev–Trinajstić information content (AvgIpc) is 2.67. The van der Waals surface area contributed by atoms with Gasteiger partial charge in [-0.1, -0.05) is 11.2 Å². The minimum absolute atomic E-state index is 0.116. The Hall–Kier alpha value is -2.17. The number of rotatable bonds is 2. The molecule has 0 saturated heterocycles. The van der Waals surface area contributed by atoms with Crippen LogP contribution in [0.15, 0.2) is 28.9 Å². The molecule has 0 saturated carbocycles. The fourth-order valence-corrected chi connectivity index (χ4v) is 1.23. The number of aromatic carboxylic acids is 1. The number of nitrogens with zero attached hydrogens (tertiary/aromatic N) is 2. The molecule has 5 nitrogen and oxygen atoms in total. The Morgan fingerprint density at radius 3 is 2.93 bits per heavy atom. The number of hydrogen-bond acceptors (Lipinski definition) is 4. The molecule has 0 unspecified atom stereocenters. The first kappa shape index (κ1) is 9.39. The average molecular weight is 204 g/mol. The van der Waals surface area contributed by atoms with Crippen molar-refractivity contribution in [1.82, 2.24) is 10.1 Å². The van der Waals surface area contributed by atoms with E-state index in [4.69, 9.17) is 9.63 Å². The maximum Gasteiger partial charge on any atom is 0.358 e. The lowest BCUT2D eigenvalue weighted by atomic mass is 10.2. The zero-order valence-corrected chi connectivity index (χ0v) is 7.97. The number of carboxylic acids is 1. The summed E-state index contributed by atoms with van der Waals surface area (Å²) in [6.07, 6.45) is 1.62. The molecule has 0 aliphatic carbocycles. The van der Waals surface area contributed by atoms with Crippen LogP contribution >= 0.6 is 0 Å². The van der Waals surface area contributed by atoms with Gasteiger partial charge in [0.25, 0.3) is 0 Å². The summed E-state index contributed by atoms with van der Waals surface area (Å²) in [5, 5.41) is 12.1. The van der Waals surface area contributed by atoms with Crippen LogP contribution in [0.1, 0.15) is 16.1 Å². The quantitative estimate of drug-likeness (QED) is 0.806. The third-order valence-electron chi connectivity index (χ3n) is 1.97. The van der Waals surface area contributed by atoms with Crippen molar-refractivity contribution in [3.05, 3.63) is 35.7 Å². The van der Waals surface area contributed by atoms with Crippen molar-refractivity contribution in [2.45, 2.75) is 6.92 Å². The van der Waals surface area contributed by atoms with Gasteiger partial charge in [0, 0.05) is 12.3 Å². The van der Waals surface area contributed by atoms with E-state index in [1.807, 2.05) is 13.0 Å². The third kappa shape index (κ3) is 1.71. The summed E-state index contributed by atoms with van der Waals surface area (Å²) in [6.45, 7) is 1.87. The molecule has 0 aliphatic rings. The molecule has 0 fully saturated rings. The number of carboxylic acid groups (broad SMARTS) is 1. The van der Waals surface area contributed by atoms with Crippen molar-refractivity contribution >= 4 is 5.97 Å². The Morgan fingerprint density at radius 1 is 1.53 bits per heavy atom. The van der Waals surface area contributed by atoms with Gasteiger partial charge in [-0.05, 0) is 18.6 Å². The van der Waals surface area contributed by atoms with Gasteiger partial charge in [-0.2, -0.15) is 0 Å². The van der Waals surface area contributed by atoms with Gasteiger partial charge < -0.3 is 9.63 Å². The van der Waals surface area contributed by atoms with E-state index < -0.39 is 5.97 Å². The van der Waals surface area contributed by atoms with Crippen LogP contribution in [0, 0.1) is 6.92 Å². The molecule has 0 amide bonds. The van der Waals surface area contributed by atoms with Crippen molar-refractivity contribution < 1.29 is 14.4 Å². The Labute approximate surface area is 85.4 Å². The number of hydrogen-bond donors (Lipinski definition) is 1. The Morgan fingerprint density at radius 2 is 2.33 bits per heavy atom. The third-order valence-corrected chi connectivity index (χ3v) is 1.97. The van der Waals surface area contributed by atoms with Crippen LogP contribution in [-0.4, -0.2) is 21.2 Å². The summed E-state index contributed by atoms with van der Waals surface area (Å²) >= 11 is 0. The predicted molar refractivity (Wildman–Crippen MR) is 51.4 cm³/mol. The molecule has 0 bridgehead atoms. The Balaban J connectivity index is 2.46. The molecule has 0 radical (unpaired) electrons. The van der Waals surface area contributed by atoms with Crippen LogP contribution in [0.5, 0.6) is 0 Å². The summed E-state index contributed by atoms with van der Waals surface area (Å²) in [7, 11) is 0. The van der Waals surface area contributed by atoms with E-state index in [9.17, 15) is 4.79 Å². The highest BCUT2D eigenvalue weighted by molar-refractivity contribution is 5.86. The lowest BCUT2D eigenvalue weighted by Crippen LogP contribution is -1.94. The maximum absolute atomic E-state index is 10.6. The predicted octanol–water partition coefficient (Wildman–Crippen LogP) is 1.74. The largest absolute Gasteiger partial charge is 0.476 e. The van der Waals surface area contributed by atoms with Gasteiger partial charge in [0.1, 0.15) is 5.69 Å². The van der Waals surface area contributed by atoms with Gasteiger partial charge in [-0.25, -0.2) is 4.79 Å². The van der Waals surface area contributed by atoms with Crippen LogP contribution in [0.25, 0.3) is 11.5 Å². The smallest absolute Gasteiger partial charge is 0.358 e. The van der Waals surface area contributed by atoms with Crippen LogP contribution in [0.4, 0.5) is 0 Å². The van der Waals surface area contributed by atoms with Gasteiger partial charge in [-0.15, -0.1) is 0 Å². The van der Waals surface area contributed by atoms with E-state index in [1.54, 1.807) is 12.3 Å². The SMILES string of the molecule is Cc1cccnc1-c1cc(C(=O)O)no1. The first-order valence-corrected chi connectivity index (χ1v) is 4.30. The van der Waals surface area contributed by atoms with Crippen molar-refractivity contribution in [2.75, 3.05) is 0 Å². The summed E-state index contributed by atoms with van der Waals surface area (Å²) < 4.78 is 4.90. The number of aromatic nitrogens is 2. The van der Waals surface area contributed by atoms with E-state index in [0.29, 0.717) is 11.5 Å². The molecular weight excluding hydrogens is 196 g/mol. The van der Waals surface area contributed by atoms with E-state index in [1.165, 1.54) is 6.07 Å². The van der Waals surface area contributed by atoms with Crippen molar-refractivity contribution in [1.29, 1.82) is 0 Å². The van der Waals surface area contributed by atoms with E-state index in [2.05, 4.69) is 10.1 Å². The fourth-order valence-electron chi connectivity index (χ4n) is 1.23. The van der Waals surface area contributed by atoms with Crippen LogP contribution in [-0.2, 0) is 0 Å². The fraction of sp³-hybridized carbons (Fsp3) is 0.100. The monoisotopic (exact) mass is 204 g/mol. The molecule has 2 aromatic rings. The van der Waals surface area contributed by atoms with Crippen molar-refractivity contribution in [3.8, 4) is 11.5 Å². The highest BCUT2D eigenvalue weighted by atomic mass is 16.5. The summed E-state index contributed by atoms with van der Waals surface area (Å²) in [6, 6.07) is 5.02. The Kier molecular flexibility index (Phi) is 2.21. The van der Waals surface area contributed by atoms with Crippen LogP contribution < -0.4 is 0 Å². The lowest BCUT2D eigenvalue weighted by molar-refractivity contribution is 0.0686. The topological polar surface area (TPSA) is 76.2 Å². The van der Waals surface area contributed by atoms with Crippen LogP contribution in [0.3, 0.4) is 0 Å². The van der Waals surface area contributed by atoms with Crippen molar-refractivity contribution in [3.63, 3.8) is 0 Å². The molecule has 1 N–H and O–H groups in total. The molecule has 2 aromatic heterocycles. The molecule has 0 aliphatic heterocycles. The maximum atomic E-state index is 10.6. The molecule has 5 heteroatoms. The highest BCUT2D eigenvalue weighted by Crippen LogP contribution is 2.20. The first-order chi connectivity index (χ1) is 7.18. The van der Waals surface area contributed by atoms with Gasteiger partial charge in [0.05, 0.1) is 0 Å². The van der Waals surface area contributed by atoms with Crippen LogP contribution in [0.2, 0.25) is 0 Å². The second kappa shape index (κ2) is 3.53. The minimum atomic E-state index is -1.11. The van der Waals surface area contributed by atoms with E-state index >= 15 is 0 Å². The van der Waals surface area contributed by atoms with Gasteiger partial charge >= 0.3 is 5.97 Å². The second-order valence-electron chi connectivity index (χ2n) is 3.05. The van der Waals surface area contributed by atoms with E-state index in [-0.39, 0.29) is 5.69 Å². The number of pyridine rings is 1. The molecule has 0 atom stereocenters. The molecular formula is C10H8N2O3. The standard InChI is InChI=1S/C10H8N2O3/c1-6-3-2-4-11-9(6)8-5-7(10(13)14)12-15-8/h2-5H,1H3,(H,13,14). The molecule has 0 aromatic carbocycles. The van der Waals surface area contributed by atoms with Gasteiger partial charge in [-0.3, -0.25) is 4.98 Å². The normalized spacial score (nSPS) is 10.2. The zero-order valence-electron chi connectivity index (χ0n) is 7.97. The minimum Gasteiger partial charge on any atom is -0.476 e. The lowest BCUT2D eigenvalue weighted by Gasteiger charge is -1.97. The summed E-state index contributed by atoms with van der Waals surface area (Å²) in [5.74, 6) is -0.746. The highest BCUT2D eigenvalue weighted by Gasteiger charge is 2.13. The summed E-state index contributed by atoms with van der Waals surface area (Å²) in [4.78, 5) is 14.7. The molecule has 2 heterocycles. The number of aryl methyl sites for hydroxylation is 1.